The van der Waals surface area contributed by atoms with Gasteiger partial charge in [-0.3, -0.25) is 14.7 Å². The minimum atomic E-state index is -0.102. The van der Waals surface area contributed by atoms with Crippen molar-refractivity contribution in [2.75, 3.05) is 6.54 Å². The van der Waals surface area contributed by atoms with Crippen LogP contribution >= 0.6 is 34.5 Å². The van der Waals surface area contributed by atoms with Gasteiger partial charge in [-0.25, -0.2) is 9.97 Å². The third-order valence-corrected chi connectivity index (χ3v) is 5.66. The van der Waals surface area contributed by atoms with Crippen LogP contribution in [0.4, 0.5) is 0 Å². The number of hydrogen-bond donors (Lipinski definition) is 1. The van der Waals surface area contributed by atoms with E-state index < -0.39 is 0 Å². The summed E-state index contributed by atoms with van der Waals surface area (Å²) in [5.41, 5.74) is 2.30. The van der Waals surface area contributed by atoms with E-state index in [9.17, 15) is 4.79 Å². The van der Waals surface area contributed by atoms with Crippen LogP contribution in [0.15, 0.2) is 29.3 Å². The van der Waals surface area contributed by atoms with Gasteiger partial charge in [0.15, 0.2) is 4.47 Å². The minimum Gasteiger partial charge on any atom is -0.306 e. The van der Waals surface area contributed by atoms with Gasteiger partial charge in [0.1, 0.15) is 11.0 Å². The molecule has 0 unspecified atom stereocenters. The Labute approximate surface area is 157 Å². The lowest BCUT2D eigenvalue weighted by molar-refractivity contribution is 0.244. The lowest BCUT2D eigenvalue weighted by atomic mass is 10.1. The van der Waals surface area contributed by atoms with Crippen LogP contribution in [0.2, 0.25) is 9.62 Å². The summed E-state index contributed by atoms with van der Waals surface area (Å²) in [5, 5.41) is 0.431. The van der Waals surface area contributed by atoms with Crippen LogP contribution in [0.3, 0.4) is 0 Å². The third-order valence-electron chi connectivity index (χ3n) is 4.09. The molecule has 4 heterocycles. The minimum absolute atomic E-state index is 0.102. The summed E-state index contributed by atoms with van der Waals surface area (Å²) in [6, 6.07) is 3.66. The number of nitrogens with zero attached hydrogens (tertiary/aromatic N) is 4. The Balaban J connectivity index is 1.59. The largest absolute Gasteiger partial charge is 0.306 e. The summed E-state index contributed by atoms with van der Waals surface area (Å²) in [6.45, 7) is 1.94. The first-order valence-electron chi connectivity index (χ1n) is 7.65. The van der Waals surface area contributed by atoms with Gasteiger partial charge in [-0.2, -0.15) is 0 Å². The van der Waals surface area contributed by atoms with E-state index in [-0.39, 0.29) is 5.56 Å². The molecule has 9 heteroatoms. The quantitative estimate of drug-likeness (QED) is 0.739. The highest BCUT2D eigenvalue weighted by Gasteiger charge is 2.23. The van der Waals surface area contributed by atoms with E-state index in [4.69, 9.17) is 23.2 Å². The fourth-order valence-corrected chi connectivity index (χ4v) is 4.30. The maximum atomic E-state index is 12.5. The van der Waals surface area contributed by atoms with E-state index in [0.29, 0.717) is 40.5 Å². The van der Waals surface area contributed by atoms with Gasteiger partial charge in [-0.05, 0) is 12.1 Å². The summed E-state index contributed by atoms with van der Waals surface area (Å²) < 4.78 is 0.430. The second-order valence-corrected chi connectivity index (χ2v) is 7.74. The number of nitrogens with one attached hydrogen (secondary N) is 1. The standard InChI is InChI=1S/C16H13Cl2N5OS/c17-13-12(25-16(18)21-13)8-23-6-3-11-10(7-23)15(24)22-14(20-11)9-1-4-19-5-2-9/h1-2,4-5H,3,6-8H2,(H,20,22,24). The average molecular weight is 394 g/mol. The fraction of sp³-hybridized carbons (Fsp3) is 0.250. The highest BCUT2D eigenvalue weighted by molar-refractivity contribution is 7.16. The highest BCUT2D eigenvalue weighted by atomic mass is 35.5. The maximum absolute atomic E-state index is 12.5. The van der Waals surface area contributed by atoms with Crippen LogP contribution in [0.1, 0.15) is 16.1 Å². The Morgan fingerprint density at radius 3 is 2.76 bits per heavy atom. The average Bonchev–Trinajstić information content (AvgIpc) is 2.93. The number of aromatic amines is 1. The topological polar surface area (TPSA) is 74.8 Å². The van der Waals surface area contributed by atoms with Crippen molar-refractivity contribution in [3.05, 3.63) is 60.6 Å². The van der Waals surface area contributed by atoms with E-state index in [1.165, 1.54) is 11.3 Å². The van der Waals surface area contributed by atoms with Crippen molar-refractivity contribution in [3.63, 3.8) is 0 Å². The summed E-state index contributed by atoms with van der Waals surface area (Å²) >= 11 is 13.4. The van der Waals surface area contributed by atoms with Crippen LogP contribution in [-0.2, 0) is 19.5 Å². The number of aromatic nitrogens is 4. The Morgan fingerprint density at radius 1 is 1.24 bits per heavy atom. The van der Waals surface area contributed by atoms with Crippen molar-refractivity contribution in [2.45, 2.75) is 19.5 Å². The second kappa shape index (κ2) is 6.84. The first-order valence-corrected chi connectivity index (χ1v) is 9.23. The molecule has 0 aliphatic carbocycles. The van der Waals surface area contributed by atoms with Crippen molar-refractivity contribution in [2.24, 2.45) is 0 Å². The molecule has 0 bridgehead atoms. The van der Waals surface area contributed by atoms with E-state index in [1.807, 2.05) is 12.1 Å². The van der Waals surface area contributed by atoms with Crippen LogP contribution in [-0.4, -0.2) is 31.4 Å². The molecule has 1 aliphatic heterocycles. The van der Waals surface area contributed by atoms with Gasteiger partial charge >= 0.3 is 0 Å². The van der Waals surface area contributed by atoms with Crippen LogP contribution in [0, 0.1) is 0 Å². The summed E-state index contributed by atoms with van der Waals surface area (Å²) in [4.78, 5) is 31.1. The summed E-state index contributed by atoms with van der Waals surface area (Å²) in [5.74, 6) is 0.580. The molecular weight excluding hydrogens is 381 g/mol. The smallest absolute Gasteiger partial charge is 0.255 e. The lowest BCUT2D eigenvalue weighted by Crippen LogP contribution is -2.35. The van der Waals surface area contributed by atoms with Gasteiger partial charge < -0.3 is 4.98 Å². The molecule has 4 rings (SSSR count). The van der Waals surface area contributed by atoms with E-state index in [2.05, 4.69) is 24.8 Å². The van der Waals surface area contributed by atoms with Gasteiger partial charge in [0.05, 0.1) is 16.1 Å². The summed E-state index contributed by atoms with van der Waals surface area (Å²) in [6.07, 6.45) is 4.07. The molecule has 0 atom stereocenters. The Morgan fingerprint density at radius 2 is 2.04 bits per heavy atom. The molecule has 3 aromatic heterocycles. The van der Waals surface area contributed by atoms with Crippen molar-refractivity contribution >= 4 is 34.5 Å². The van der Waals surface area contributed by atoms with Gasteiger partial charge in [0.25, 0.3) is 5.56 Å². The predicted octanol–water partition coefficient (Wildman–Crippen LogP) is 3.15. The van der Waals surface area contributed by atoms with Gasteiger partial charge in [-0.1, -0.05) is 23.2 Å². The molecule has 1 N–H and O–H groups in total. The molecule has 0 fully saturated rings. The molecule has 0 radical (unpaired) electrons. The molecular formula is C16H13Cl2N5OS. The molecule has 0 saturated heterocycles. The predicted molar refractivity (Wildman–Crippen MR) is 98.0 cm³/mol. The Bertz CT molecular complexity index is 972. The fourth-order valence-electron chi connectivity index (χ4n) is 2.87. The lowest BCUT2D eigenvalue weighted by Gasteiger charge is -2.27. The van der Waals surface area contributed by atoms with E-state index in [1.54, 1.807) is 12.4 Å². The molecule has 3 aromatic rings. The van der Waals surface area contributed by atoms with E-state index in [0.717, 1.165) is 22.7 Å². The Hall–Kier alpha value is -1.80. The van der Waals surface area contributed by atoms with Crippen molar-refractivity contribution in [1.82, 2.24) is 24.8 Å². The zero-order chi connectivity index (χ0) is 17.4. The molecule has 25 heavy (non-hydrogen) atoms. The molecule has 0 aromatic carbocycles. The summed E-state index contributed by atoms with van der Waals surface area (Å²) in [7, 11) is 0. The van der Waals surface area contributed by atoms with Crippen LogP contribution in [0.5, 0.6) is 0 Å². The number of rotatable bonds is 3. The first kappa shape index (κ1) is 16.7. The van der Waals surface area contributed by atoms with Gasteiger partial charge in [0, 0.05) is 44.0 Å². The molecule has 128 valence electrons. The van der Waals surface area contributed by atoms with Gasteiger partial charge in [-0.15, -0.1) is 11.3 Å². The zero-order valence-corrected chi connectivity index (χ0v) is 15.3. The first-order chi connectivity index (χ1) is 12.1. The monoisotopic (exact) mass is 393 g/mol. The number of H-pyrrole nitrogens is 1. The molecule has 0 saturated carbocycles. The number of pyridine rings is 1. The number of halogens is 2. The molecule has 0 spiro atoms. The van der Waals surface area contributed by atoms with Crippen molar-refractivity contribution < 1.29 is 0 Å². The third kappa shape index (κ3) is 3.46. The van der Waals surface area contributed by atoms with Crippen LogP contribution in [0.25, 0.3) is 11.4 Å². The normalized spacial score (nSPS) is 14.5. The number of thiazole rings is 1. The van der Waals surface area contributed by atoms with Crippen molar-refractivity contribution in [1.29, 1.82) is 0 Å². The molecule has 6 nitrogen and oxygen atoms in total. The number of fused-ring (bicyclic) bond motifs is 1. The Kier molecular flexibility index (Phi) is 4.56. The molecule has 1 aliphatic rings. The van der Waals surface area contributed by atoms with Crippen LogP contribution < -0.4 is 5.56 Å². The zero-order valence-electron chi connectivity index (χ0n) is 13.0. The molecule has 0 amide bonds. The van der Waals surface area contributed by atoms with Gasteiger partial charge in [0.2, 0.25) is 0 Å². The van der Waals surface area contributed by atoms with Crippen molar-refractivity contribution in [3.8, 4) is 11.4 Å². The second-order valence-electron chi connectivity index (χ2n) is 5.72. The highest BCUT2D eigenvalue weighted by Crippen LogP contribution is 2.29. The maximum Gasteiger partial charge on any atom is 0.255 e. The van der Waals surface area contributed by atoms with E-state index >= 15 is 0 Å². The number of hydrogen-bond acceptors (Lipinski definition) is 6. The SMILES string of the molecule is O=c1[nH]c(-c2ccncc2)nc2c1CN(Cc1sc(Cl)nc1Cl)CC2.